The monoisotopic (exact) mass is 671 g/mol. The molecule has 0 saturated carbocycles. The average Bonchev–Trinajstić information content (AvgIpc) is 2.97. The lowest BCUT2D eigenvalue weighted by molar-refractivity contribution is -0.146. The Kier molecular flexibility index (Phi) is 13.6. The van der Waals surface area contributed by atoms with Crippen LogP contribution in [0.4, 0.5) is 0 Å². The van der Waals surface area contributed by atoms with Gasteiger partial charge in [0.2, 0.25) is 0 Å². The summed E-state index contributed by atoms with van der Waals surface area (Å²) in [5.41, 5.74) is 3.47. The van der Waals surface area contributed by atoms with E-state index >= 15 is 0 Å². The first kappa shape index (κ1) is 33.9. The first-order chi connectivity index (χ1) is 20.0. The second kappa shape index (κ2) is 16.9. The first-order valence-corrected chi connectivity index (χ1v) is 16.5. The number of aryl methyl sites for hydroxylation is 2. The van der Waals surface area contributed by atoms with Crippen molar-refractivity contribution in [2.24, 2.45) is 5.92 Å². The highest BCUT2D eigenvalue weighted by Gasteiger charge is 2.25. The molecule has 0 aliphatic heterocycles. The van der Waals surface area contributed by atoms with Crippen molar-refractivity contribution in [1.82, 2.24) is 5.32 Å². The maximum atomic E-state index is 13.6. The van der Waals surface area contributed by atoms with E-state index in [1.807, 2.05) is 0 Å². The number of nitrogens with one attached hydrogen (secondary N) is 1. The summed E-state index contributed by atoms with van der Waals surface area (Å²) in [5, 5.41) is 2.81. The van der Waals surface area contributed by atoms with Crippen LogP contribution in [0.5, 0.6) is 0 Å². The zero-order valence-corrected chi connectivity index (χ0v) is 27.7. The number of carbonyl (C=O) groups excluding carboxylic acids is 3. The average molecular weight is 673 g/mol. The molecule has 1 N–H and O–H groups in total. The number of alkyl halides is 1. The Balaban J connectivity index is 1.51. The van der Waals surface area contributed by atoms with E-state index in [0.29, 0.717) is 29.2 Å². The third kappa shape index (κ3) is 11.6. The van der Waals surface area contributed by atoms with Gasteiger partial charge >= 0.3 is 5.97 Å². The van der Waals surface area contributed by atoms with Gasteiger partial charge in [-0.25, -0.2) is 0 Å². The SMILES string of the molecule is Cc1ccc(SCC(CSc2ccc(C)cc2)C(=O)c2ccc(C(=O)NCCOCCOC(=O)C(C)(C)Br)cc2)cc1. The number of ketones is 1. The summed E-state index contributed by atoms with van der Waals surface area (Å²) in [5.74, 6) is 0.596. The molecule has 42 heavy (non-hydrogen) atoms. The molecule has 0 aliphatic rings. The molecule has 0 unspecified atom stereocenters. The van der Waals surface area contributed by atoms with Gasteiger partial charge in [0.1, 0.15) is 10.9 Å². The lowest BCUT2D eigenvalue weighted by Gasteiger charge is -2.16. The molecule has 224 valence electrons. The maximum Gasteiger partial charge on any atom is 0.322 e. The Morgan fingerprint density at radius 1 is 0.762 bits per heavy atom. The Bertz CT molecular complexity index is 1260. The van der Waals surface area contributed by atoms with Crippen LogP contribution in [0.3, 0.4) is 0 Å². The van der Waals surface area contributed by atoms with Crippen LogP contribution in [-0.4, -0.2) is 59.9 Å². The van der Waals surface area contributed by atoms with Crippen LogP contribution in [-0.2, 0) is 14.3 Å². The Morgan fingerprint density at radius 2 is 1.26 bits per heavy atom. The number of halogens is 1. The third-order valence-corrected chi connectivity index (χ3v) is 8.90. The standard InChI is InChI=1S/C33H38BrNO5S2/c1-23-5-13-28(14-6-23)41-21-27(22-42-29-15-7-24(2)8-16-29)30(36)25-9-11-26(12-10-25)31(37)35-17-18-39-19-20-40-32(38)33(3,4)34/h5-16,27H,17-22H2,1-4H3,(H,35,37). The summed E-state index contributed by atoms with van der Waals surface area (Å²) in [6, 6.07) is 23.5. The van der Waals surface area contributed by atoms with Crippen LogP contribution in [0.1, 0.15) is 45.7 Å². The summed E-state index contributed by atoms with van der Waals surface area (Å²) >= 11 is 6.62. The van der Waals surface area contributed by atoms with Gasteiger partial charge in [0.05, 0.1) is 13.2 Å². The second-order valence-electron chi connectivity index (χ2n) is 10.4. The van der Waals surface area contributed by atoms with Crippen molar-refractivity contribution in [1.29, 1.82) is 0 Å². The van der Waals surface area contributed by atoms with Gasteiger partial charge in [0.15, 0.2) is 5.78 Å². The third-order valence-electron chi connectivity index (χ3n) is 6.22. The summed E-state index contributed by atoms with van der Waals surface area (Å²) < 4.78 is 9.80. The Labute approximate surface area is 265 Å². The number of rotatable bonds is 16. The van der Waals surface area contributed by atoms with Gasteiger partial charge in [0, 0.05) is 44.9 Å². The van der Waals surface area contributed by atoms with E-state index in [0.717, 1.165) is 9.79 Å². The fraction of sp³-hybridized carbons (Fsp3) is 0.364. The van der Waals surface area contributed by atoms with Crippen molar-refractivity contribution in [2.45, 2.75) is 41.8 Å². The van der Waals surface area contributed by atoms with Gasteiger partial charge in [-0.3, -0.25) is 14.4 Å². The van der Waals surface area contributed by atoms with Crippen molar-refractivity contribution in [3.63, 3.8) is 0 Å². The van der Waals surface area contributed by atoms with E-state index < -0.39 is 4.32 Å². The van der Waals surface area contributed by atoms with Gasteiger partial charge in [-0.2, -0.15) is 0 Å². The molecular weight excluding hydrogens is 634 g/mol. The molecule has 0 atom stereocenters. The zero-order valence-electron chi connectivity index (χ0n) is 24.5. The molecule has 3 aromatic carbocycles. The summed E-state index contributed by atoms with van der Waals surface area (Å²) in [4.78, 5) is 40.2. The van der Waals surface area contributed by atoms with E-state index in [1.54, 1.807) is 61.6 Å². The molecule has 0 spiro atoms. The van der Waals surface area contributed by atoms with Gasteiger partial charge in [0.25, 0.3) is 5.91 Å². The smallest absolute Gasteiger partial charge is 0.322 e. The van der Waals surface area contributed by atoms with Gasteiger partial charge in [-0.1, -0.05) is 63.5 Å². The molecule has 0 fully saturated rings. The van der Waals surface area contributed by atoms with Crippen LogP contribution >= 0.6 is 39.5 Å². The number of thioether (sulfide) groups is 2. The fourth-order valence-electron chi connectivity index (χ4n) is 3.69. The van der Waals surface area contributed by atoms with Crippen LogP contribution in [0, 0.1) is 19.8 Å². The number of hydrogen-bond donors (Lipinski definition) is 1. The number of hydrogen-bond acceptors (Lipinski definition) is 7. The predicted molar refractivity (Wildman–Crippen MR) is 175 cm³/mol. The van der Waals surface area contributed by atoms with E-state index in [2.05, 4.69) is 83.6 Å². The molecule has 3 aromatic rings. The summed E-state index contributed by atoms with van der Waals surface area (Å²) in [6.45, 7) is 8.53. The summed E-state index contributed by atoms with van der Waals surface area (Å²) in [7, 11) is 0. The largest absolute Gasteiger partial charge is 0.462 e. The van der Waals surface area contributed by atoms with Crippen LogP contribution < -0.4 is 5.32 Å². The van der Waals surface area contributed by atoms with Crippen molar-refractivity contribution in [2.75, 3.05) is 37.9 Å². The number of carbonyl (C=O) groups is 3. The quantitative estimate of drug-likeness (QED) is 0.0569. The molecule has 3 rings (SSSR count). The van der Waals surface area contributed by atoms with Gasteiger partial charge in [-0.05, 0) is 64.1 Å². The van der Waals surface area contributed by atoms with Crippen molar-refractivity contribution < 1.29 is 23.9 Å². The molecule has 0 saturated heterocycles. The number of benzene rings is 3. The van der Waals surface area contributed by atoms with Crippen molar-refractivity contribution in [3.8, 4) is 0 Å². The molecule has 0 aromatic heterocycles. The number of Topliss-reactive ketones (excluding diaryl/α,β-unsaturated/α-hetero) is 1. The van der Waals surface area contributed by atoms with E-state index in [9.17, 15) is 14.4 Å². The molecule has 9 heteroatoms. The highest BCUT2D eigenvalue weighted by molar-refractivity contribution is 9.10. The zero-order chi connectivity index (χ0) is 30.5. The van der Waals surface area contributed by atoms with Gasteiger partial charge < -0.3 is 14.8 Å². The minimum atomic E-state index is -0.733. The molecule has 1 amide bonds. The summed E-state index contributed by atoms with van der Waals surface area (Å²) in [6.07, 6.45) is 0. The first-order valence-electron chi connectivity index (χ1n) is 13.8. The minimum Gasteiger partial charge on any atom is -0.462 e. The number of ether oxygens (including phenoxy) is 2. The Hall–Kier alpha value is -2.59. The van der Waals surface area contributed by atoms with Crippen LogP contribution in [0.25, 0.3) is 0 Å². The number of amides is 1. The predicted octanol–water partition coefficient (Wildman–Crippen LogP) is 7.15. The normalized spacial score (nSPS) is 11.4. The number of esters is 1. The molecule has 0 bridgehead atoms. The fourth-order valence-corrected chi connectivity index (χ4v) is 5.94. The molecule has 0 aliphatic carbocycles. The Morgan fingerprint density at radius 3 is 1.76 bits per heavy atom. The topological polar surface area (TPSA) is 81.7 Å². The molecule has 6 nitrogen and oxygen atoms in total. The lowest BCUT2D eigenvalue weighted by Crippen LogP contribution is -2.29. The minimum absolute atomic E-state index is 0.0681. The lowest BCUT2D eigenvalue weighted by atomic mass is 9.99. The van der Waals surface area contributed by atoms with Crippen molar-refractivity contribution >= 4 is 57.1 Å². The van der Waals surface area contributed by atoms with E-state index in [4.69, 9.17) is 9.47 Å². The molecule has 0 heterocycles. The molecule has 0 radical (unpaired) electrons. The van der Waals surface area contributed by atoms with Gasteiger partial charge in [-0.15, -0.1) is 23.5 Å². The molecular formula is C33H38BrNO5S2. The van der Waals surface area contributed by atoms with Crippen LogP contribution in [0.2, 0.25) is 0 Å². The van der Waals surface area contributed by atoms with Crippen molar-refractivity contribution in [3.05, 3.63) is 95.1 Å². The second-order valence-corrected chi connectivity index (χ2v) is 14.5. The highest BCUT2D eigenvalue weighted by Crippen LogP contribution is 2.28. The highest BCUT2D eigenvalue weighted by atomic mass is 79.9. The maximum absolute atomic E-state index is 13.6. The van der Waals surface area contributed by atoms with E-state index in [-0.39, 0.29) is 43.4 Å². The van der Waals surface area contributed by atoms with Crippen LogP contribution in [0.15, 0.2) is 82.6 Å². The van der Waals surface area contributed by atoms with E-state index in [1.165, 1.54) is 11.1 Å².